The van der Waals surface area contributed by atoms with Crippen LogP contribution in [0.1, 0.15) is 81.6 Å². The molecule has 1 unspecified atom stereocenters. The van der Waals surface area contributed by atoms with Crippen molar-refractivity contribution in [1.82, 2.24) is 0 Å². The molecule has 0 aromatic heterocycles. The van der Waals surface area contributed by atoms with Crippen molar-refractivity contribution in [2.24, 2.45) is 5.73 Å². The summed E-state index contributed by atoms with van der Waals surface area (Å²) in [6, 6.07) is 13.2. The topological polar surface area (TPSA) is 131 Å². The molecule has 0 heterocycles. The smallest absolute Gasteiger partial charge is 0.338 e. The fraction of sp³-hybridized carbons (Fsp3) is 0.467. The maximum Gasteiger partial charge on any atom is 0.338 e. The highest BCUT2D eigenvalue weighted by molar-refractivity contribution is 5.89. The van der Waals surface area contributed by atoms with Crippen LogP contribution >= 0.6 is 0 Å². The molecule has 2 rings (SSSR count). The van der Waals surface area contributed by atoms with E-state index in [0.29, 0.717) is 24.0 Å². The molecule has 0 bridgehead atoms. The van der Waals surface area contributed by atoms with Gasteiger partial charge >= 0.3 is 23.9 Å². The number of hydrogen-bond donors (Lipinski definition) is 1. The van der Waals surface area contributed by atoms with Gasteiger partial charge < -0.3 is 24.7 Å². The lowest BCUT2D eigenvalue weighted by atomic mass is 9.86. The molecule has 2 aromatic carbocycles. The number of rotatable bonds is 15. The van der Waals surface area contributed by atoms with Crippen LogP contribution in [-0.2, 0) is 30.3 Å². The van der Waals surface area contributed by atoms with E-state index in [1.54, 1.807) is 43.3 Å². The Morgan fingerprint density at radius 2 is 1.46 bits per heavy atom. The summed E-state index contributed by atoms with van der Waals surface area (Å²) in [6.07, 6.45) is 2.64. The summed E-state index contributed by atoms with van der Waals surface area (Å²) in [4.78, 5) is 49.9. The summed E-state index contributed by atoms with van der Waals surface area (Å²) in [6.45, 7) is 5.57. The molecule has 212 valence electrons. The Kier molecular flexibility index (Phi) is 12.6. The van der Waals surface area contributed by atoms with Gasteiger partial charge in [0, 0.05) is 25.7 Å². The van der Waals surface area contributed by atoms with Crippen molar-refractivity contribution < 1.29 is 38.1 Å². The van der Waals surface area contributed by atoms with Gasteiger partial charge in [0.2, 0.25) is 0 Å². The molecule has 0 fully saturated rings. The Labute approximate surface area is 229 Å². The molecule has 2 atom stereocenters. The Hall–Kier alpha value is -3.72. The third-order valence-corrected chi connectivity index (χ3v) is 6.01. The van der Waals surface area contributed by atoms with Crippen molar-refractivity contribution >= 4 is 23.9 Å². The van der Waals surface area contributed by atoms with E-state index in [2.05, 4.69) is 0 Å². The van der Waals surface area contributed by atoms with Crippen LogP contribution in [0.5, 0.6) is 11.5 Å². The average molecular weight is 542 g/mol. The summed E-state index contributed by atoms with van der Waals surface area (Å²) < 4.78 is 21.5. The molecule has 0 aliphatic carbocycles. The number of unbranched alkanes of at least 4 members (excludes halogenated alkanes) is 2. The van der Waals surface area contributed by atoms with Gasteiger partial charge in [0.15, 0.2) is 11.5 Å². The molecular formula is C30H39NO8. The largest absolute Gasteiger partial charge is 0.468 e. The quantitative estimate of drug-likeness (QED) is 0.246. The van der Waals surface area contributed by atoms with Gasteiger partial charge in [-0.05, 0) is 49.6 Å². The van der Waals surface area contributed by atoms with Crippen molar-refractivity contribution in [3.63, 3.8) is 0 Å². The van der Waals surface area contributed by atoms with Crippen LogP contribution < -0.4 is 15.2 Å². The lowest BCUT2D eigenvalue weighted by molar-refractivity contribution is -0.148. The van der Waals surface area contributed by atoms with Crippen LogP contribution in [0.15, 0.2) is 48.5 Å². The second kappa shape index (κ2) is 15.6. The highest BCUT2D eigenvalue weighted by Gasteiger charge is 2.38. The normalized spacial score (nSPS) is 13.1. The minimum Gasteiger partial charge on any atom is -0.468 e. The van der Waals surface area contributed by atoms with Crippen LogP contribution in [0.25, 0.3) is 0 Å². The SMILES string of the molecule is CCCCC(=O)Oc1ccc(C[C@](N)(CC(C)OC(=O)c2ccccc2)C(=O)OC)cc1OC(=O)CCCC. The summed E-state index contributed by atoms with van der Waals surface area (Å²) in [5.74, 6) is -1.96. The molecule has 0 radical (unpaired) electrons. The van der Waals surface area contributed by atoms with E-state index in [1.807, 2.05) is 13.8 Å². The molecular weight excluding hydrogens is 502 g/mol. The van der Waals surface area contributed by atoms with Crippen molar-refractivity contribution in [2.45, 2.75) is 83.8 Å². The number of ether oxygens (including phenoxy) is 4. The van der Waals surface area contributed by atoms with Gasteiger partial charge in [-0.25, -0.2) is 4.79 Å². The fourth-order valence-corrected chi connectivity index (χ4v) is 3.99. The van der Waals surface area contributed by atoms with E-state index in [9.17, 15) is 19.2 Å². The third-order valence-electron chi connectivity index (χ3n) is 6.01. The van der Waals surface area contributed by atoms with Crippen LogP contribution in [0.2, 0.25) is 0 Å². The lowest BCUT2D eigenvalue weighted by Gasteiger charge is -2.29. The van der Waals surface area contributed by atoms with Gasteiger partial charge in [-0.3, -0.25) is 14.4 Å². The first kappa shape index (κ1) is 31.5. The van der Waals surface area contributed by atoms with Crippen LogP contribution in [0.3, 0.4) is 0 Å². The third kappa shape index (κ3) is 10.2. The van der Waals surface area contributed by atoms with Gasteiger partial charge in [0.05, 0.1) is 12.7 Å². The van der Waals surface area contributed by atoms with Gasteiger partial charge in [0.1, 0.15) is 11.6 Å². The summed E-state index contributed by atoms with van der Waals surface area (Å²) >= 11 is 0. The van der Waals surface area contributed by atoms with Crippen molar-refractivity contribution in [1.29, 1.82) is 0 Å². The summed E-state index contributed by atoms with van der Waals surface area (Å²) in [5.41, 5.74) is 5.89. The highest BCUT2D eigenvalue weighted by atomic mass is 16.6. The Bertz CT molecular complexity index is 1120. The molecule has 2 aromatic rings. The first-order valence-corrected chi connectivity index (χ1v) is 13.3. The summed E-state index contributed by atoms with van der Waals surface area (Å²) in [7, 11) is 1.23. The standard InChI is InChI=1S/C30H39NO8/c1-5-7-14-26(32)38-24-17-16-22(18-25(24)39-27(33)15-8-6-2)20-30(31,29(35)36-4)19-21(3)37-28(34)23-12-10-9-11-13-23/h9-13,16-18,21H,5-8,14-15,19-20,31H2,1-4H3/t21?,30-/m1/s1. The average Bonchev–Trinajstić information content (AvgIpc) is 2.91. The molecule has 0 saturated heterocycles. The van der Waals surface area contributed by atoms with E-state index in [0.717, 1.165) is 12.8 Å². The molecule has 2 N–H and O–H groups in total. The van der Waals surface area contributed by atoms with Crippen LogP contribution in [0, 0.1) is 0 Å². The minimum absolute atomic E-state index is 0.0174. The van der Waals surface area contributed by atoms with E-state index < -0.39 is 35.5 Å². The van der Waals surface area contributed by atoms with Crippen molar-refractivity contribution in [3.8, 4) is 11.5 Å². The lowest BCUT2D eigenvalue weighted by Crippen LogP contribution is -2.53. The van der Waals surface area contributed by atoms with Crippen molar-refractivity contribution in [2.75, 3.05) is 7.11 Å². The molecule has 39 heavy (non-hydrogen) atoms. The van der Waals surface area contributed by atoms with Crippen molar-refractivity contribution in [3.05, 3.63) is 59.7 Å². The maximum absolute atomic E-state index is 12.8. The highest BCUT2D eigenvalue weighted by Crippen LogP contribution is 2.32. The zero-order chi connectivity index (χ0) is 28.8. The molecule has 0 saturated carbocycles. The van der Waals surface area contributed by atoms with Crippen LogP contribution in [0.4, 0.5) is 0 Å². The molecule has 9 heteroatoms. The number of benzene rings is 2. The number of carbonyl (C=O) groups is 4. The van der Waals surface area contributed by atoms with E-state index in [-0.39, 0.29) is 37.2 Å². The molecule has 0 aliphatic rings. The van der Waals surface area contributed by atoms with Crippen LogP contribution in [-0.4, -0.2) is 42.6 Å². The second-order valence-corrected chi connectivity index (χ2v) is 9.55. The van der Waals surface area contributed by atoms with Gasteiger partial charge in [0.25, 0.3) is 0 Å². The minimum atomic E-state index is -1.56. The zero-order valence-electron chi connectivity index (χ0n) is 23.2. The molecule has 9 nitrogen and oxygen atoms in total. The summed E-state index contributed by atoms with van der Waals surface area (Å²) in [5, 5.41) is 0. The fourth-order valence-electron chi connectivity index (χ4n) is 3.99. The van der Waals surface area contributed by atoms with E-state index in [4.69, 9.17) is 24.7 Å². The monoisotopic (exact) mass is 541 g/mol. The number of esters is 4. The second-order valence-electron chi connectivity index (χ2n) is 9.55. The number of hydrogen-bond acceptors (Lipinski definition) is 9. The van der Waals surface area contributed by atoms with Gasteiger partial charge in [-0.15, -0.1) is 0 Å². The maximum atomic E-state index is 12.8. The first-order chi connectivity index (χ1) is 18.6. The Morgan fingerprint density at radius 3 is 2.03 bits per heavy atom. The number of nitrogens with two attached hydrogens (primary N) is 1. The Morgan fingerprint density at radius 1 is 0.872 bits per heavy atom. The predicted octanol–water partition coefficient (Wildman–Crippen LogP) is 4.93. The molecule has 0 amide bonds. The first-order valence-electron chi connectivity index (χ1n) is 13.3. The van der Waals surface area contributed by atoms with E-state index >= 15 is 0 Å². The molecule has 0 aliphatic heterocycles. The number of methoxy groups -OCH3 is 1. The van der Waals surface area contributed by atoms with Gasteiger partial charge in [-0.1, -0.05) is 51.0 Å². The van der Waals surface area contributed by atoms with Gasteiger partial charge in [-0.2, -0.15) is 0 Å². The zero-order valence-corrected chi connectivity index (χ0v) is 23.2. The van der Waals surface area contributed by atoms with E-state index in [1.165, 1.54) is 19.2 Å². The predicted molar refractivity (Wildman–Crippen MR) is 145 cm³/mol. The Balaban J connectivity index is 2.27. The number of carbonyl (C=O) groups excluding carboxylic acids is 4. The molecule has 0 spiro atoms.